The largest absolute Gasteiger partial charge is 0.497 e. The van der Waals surface area contributed by atoms with Crippen molar-refractivity contribution in [1.82, 2.24) is 0 Å². The highest BCUT2D eigenvalue weighted by atomic mass is 16.5. The molecule has 0 fully saturated rings. The molecule has 31 heavy (non-hydrogen) atoms. The number of hydrogen-bond acceptors (Lipinski definition) is 8. The van der Waals surface area contributed by atoms with E-state index >= 15 is 0 Å². The number of amides is 1. The first-order valence-electron chi connectivity index (χ1n) is 9.29. The zero-order valence-electron chi connectivity index (χ0n) is 17.3. The molecule has 0 aromatic heterocycles. The van der Waals surface area contributed by atoms with Gasteiger partial charge in [-0.1, -0.05) is 0 Å². The minimum atomic E-state index is -0.690. The average molecular weight is 426 g/mol. The number of anilines is 2. The molecule has 9 nitrogen and oxygen atoms in total. The molecule has 2 aromatic carbocycles. The Balaban J connectivity index is 1.82. The Bertz CT molecular complexity index is 998. The van der Waals surface area contributed by atoms with Gasteiger partial charge in [-0.25, -0.2) is 9.59 Å². The second-order valence-corrected chi connectivity index (χ2v) is 6.45. The van der Waals surface area contributed by atoms with Gasteiger partial charge in [0.2, 0.25) is 0 Å². The van der Waals surface area contributed by atoms with Gasteiger partial charge in [0.25, 0.3) is 5.91 Å². The maximum Gasteiger partial charge on any atom is 0.355 e. The fourth-order valence-electron chi connectivity index (χ4n) is 3.02. The lowest BCUT2D eigenvalue weighted by Gasteiger charge is -2.31. The highest BCUT2D eigenvalue weighted by Gasteiger charge is 2.32. The van der Waals surface area contributed by atoms with E-state index in [2.05, 4.69) is 5.32 Å². The monoisotopic (exact) mass is 426 g/mol. The third kappa shape index (κ3) is 4.84. The molecule has 3 rings (SSSR count). The Labute approximate surface area is 179 Å². The van der Waals surface area contributed by atoms with Gasteiger partial charge < -0.3 is 29.2 Å². The van der Waals surface area contributed by atoms with Crippen molar-refractivity contribution in [2.45, 2.75) is 0 Å². The van der Waals surface area contributed by atoms with E-state index in [9.17, 15) is 14.4 Å². The number of rotatable bonds is 6. The van der Waals surface area contributed by atoms with Gasteiger partial charge in [0.05, 0.1) is 33.5 Å². The van der Waals surface area contributed by atoms with Crippen LogP contribution in [-0.4, -0.2) is 52.5 Å². The third-order valence-electron chi connectivity index (χ3n) is 4.62. The average Bonchev–Trinajstić information content (AvgIpc) is 2.83. The van der Waals surface area contributed by atoms with E-state index in [0.717, 1.165) is 0 Å². The van der Waals surface area contributed by atoms with E-state index < -0.39 is 11.9 Å². The molecule has 1 heterocycles. The highest BCUT2D eigenvalue weighted by molar-refractivity contribution is 6.05. The van der Waals surface area contributed by atoms with Crippen LogP contribution in [0, 0.1) is 0 Å². The van der Waals surface area contributed by atoms with E-state index in [-0.39, 0.29) is 30.5 Å². The molecule has 1 N–H and O–H groups in total. The summed E-state index contributed by atoms with van der Waals surface area (Å²) in [6, 6.07) is 13.5. The summed E-state index contributed by atoms with van der Waals surface area (Å²) in [5.74, 6) is -0.983. The molecule has 2 aromatic rings. The summed E-state index contributed by atoms with van der Waals surface area (Å²) in [7, 11) is 4.02. The molecule has 1 aliphatic rings. The second-order valence-electron chi connectivity index (χ2n) is 6.45. The molecule has 0 saturated heterocycles. The summed E-state index contributed by atoms with van der Waals surface area (Å²) in [4.78, 5) is 38.4. The first-order valence-corrected chi connectivity index (χ1v) is 9.29. The molecule has 0 radical (unpaired) electrons. The number of benzene rings is 2. The number of methoxy groups -OCH3 is 3. The van der Waals surface area contributed by atoms with Gasteiger partial charge >= 0.3 is 11.9 Å². The first-order chi connectivity index (χ1) is 15.0. The van der Waals surface area contributed by atoms with Gasteiger partial charge in [-0.05, 0) is 48.5 Å². The molecule has 1 aliphatic heterocycles. The molecule has 0 spiro atoms. The molecular weight excluding hydrogens is 404 g/mol. The number of carbonyl (C=O) groups is 3. The molecular formula is C22H22N2O7. The van der Waals surface area contributed by atoms with Crippen LogP contribution in [0.5, 0.6) is 5.75 Å². The summed E-state index contributed by atoms with van der Waals surface area (Å²) < 4.78 is 20.1. The number of esters is 2. The lowest BCUT2D eigenvalue weighted by molar-refractivity contribution is -0.140. The fourth-order valence-corrected chi connectivity index (χ4v) is 3.02. The molecule has 0 aliphatic carbocycles. The summed E-state index contributed by atoms with van der Waals surface area (Å²) >= 11 is 0. The standard InChI is InChI=1S/C22H22N2O7/c1-28-17-10-6-15(7-11-17)23-20(25)14-4-8-16(9-5-14)24-13-31-12-18(21(26)29-2)19(24)22(27)30-3/h4-11H,12-13H2,1-3H3,(H,23,25). The van der Waals surface area contributed by atoms with Gasteiger partial charge in [-0.15, -0.1) is 0 Å². The number of hydrogen-bond donors (Lipinski definition) is 1. The topological polar surface area (TPSA) is 103 Å². The summed E-state index contributed by atoms with van der Waals surface area (Å²) in [6.45, 7) is -0.0434. The van der Waals surface area contributed by atoms with E-state index in [4.69, 9.17) is 18.9 Å². The van der Waals surface area contributed by atoms with Gasteiger partial charge in [0.15, 0.2) is 0 Å². The lowest BCUT2D eigenvalue weighted by atomic mass is 10.1. The number of nitrogens with zero attached hydrogens (tertiary/aromatic N) is 1. The normalized spacial score (nSPS) is 13.5. The second kappa shape index (κ2) is 9.77. The smallest absolute Gasteiger partial charge is 0.355 e. The van der Waals surface area contributed by atoms with E-state index in [0.29, 0.717) is 22.7 Å². The van der Waals surface area contributed by atoms with Crippen molar-refractivity contribution in [3.8, 4) is 5.75 Å². The predicted octanol–water partition coefficient (Wildman–Crippen LogP) is 2.34. The van der Waals surface area contributed by atoms with Gasteiger partial charge in [-0.3, -0.25) is 4.79 Å². The quantitative estimate of drug-likeness (QED) is 0.702. The minimum Gasteiger partial charge on any atom is -0.497 e. The number of carbonyl (C=O) groups excluding carboxylic acids is 3. The number of nitrogens with one attached hydrogen (secondary N) is 1. The fraction of sp³-hybridized carbons (Fsp3) is 0.227. The molecule has 162 valence electrons. The first kappa shape index (κ1) is 21.8. The Morgan fingerprint density at radius 2 is 1.55 bits per heavy atom. The highest BCUT2D eigenvalue weighted by Crippen LogP contribution is 2.27. The maximum atomic E-state index is 12.5. The van der Waals surface area contributed by atoms with Crippen molar-refractivity contribution in [2.75, 3.05) is 44.9 Å². The van der Waals surface area contributed by atoms with Crippen LogP contribution in [0.2, 0.25) is 0 Å². The van der Waals surface area contributed by atoms with E-state index in [1.54, 1.807) is 55.6 Å². The van der Waals surface area contributed by atoms with Crippen molar-refractivity contribution in [3.63, 3.8) is 0 Å². The Morgan fingerprint density at radius 3 is 2.13 bits per heavy atom. The third-order valence-corrected chi connectivity index (χ3v) is 4.62. The van der Waals surface area contributed by atoms with Crippen molar-refractivity contribution in [3.05, 3.63) is 65.4 Å². The van der Waals surface area contributed by atoms with E-state index in [1.807, 2.05) is 0 Å². The zero-order chi connectivity index (χ0) is 22.4. The van der Waals surface area contributed by atoms with Crippen LogP contribution in [0.1, 0.15) is 10.4 Å². The van der Waals surface area contributed by atoms with Crippen LogP contribution in [0.25, 0.3) is 0 Å². The Hall–Kier alpha value is -3.85. The van der Waals surface area contributed by atoms with Crippen LogP contribution < -0.4 is 15.0 Å². The van der Waals surface area contributed by atoms with Crippen molar-refractivity contribution >= 4 is 29.2 Å². The van der Waals surface area contributed by atoms with E-state index in [1.165, 1.54) is 19.1 Å². The van der Waals surface area contributed by atoms with Crippen molar-refractivity contribution in [2.24, 2.45) is 0 Å². The summed E-state index contributed by atoms with van der Waals surface area (Å²) in [6.07, 6.45) is 0. The van der Waals surface area contributed by atoms with Crippen LogP contribution in [-0.2, 0) is 23.8 Å². The summed E-state index contributed by atoms with van der Waals surface area (Å²) in [5.41, 5.74) is 1.67. The van der Waals surface area contributed by atoms with Crippen LogP contribution in [0.15, 0.2) is 59.8 Å². The van der Waals surface area contributed by atoms with Crippen molar-refractivity contribution < 1.29 is 33.3 Å². The molecule has 0 saturated carbocycles. The summed E-state index contributed by atoms with van der Waals surface area (Å²) in [5, 5.41) is 2.80. The lowest BCUT2D eigenvalue weighted by Crippen LogP contribution is -2.38. The molecule has 9 heteroatoms. The predicted molar refractivity (Wildman–Crippen MR) is 112 cm³/mol. The van der Waals surface area contributed by atoms with Gasteiger partial charge in [0, 0.05) is 16.9 Å². The molecule has 0 unspecified atom stereocenters. The van der Waals surface area contributed by atoms with Gasteiger partial charge in [0.1, 0.15) is 18.2 Å². The zero-order valence-corrected chi connectivity index (χ0v) is 17.3. The minimum absolute atomic E-state index is 0.0301. The van der Waals surface area contributed by atoms with Crippen LogP contribution in [0.4, 0.5) is 11.4 Å². The molecule has 0 atom stereocenters. The maximum absolute atomic E-state index is 12.5. The SMILES string of the molecule is COC(=O)C1=C(C(=O)OC)N(c2ccc(C(=O)Nc3ccc(OC)cc3)cc2)COC1. The molecule has 0 bridgehead atoms. The van der Waals surface area contributed by atoms with Gasteiger partial charge in [-0.2, -0.15) is 0 Å². The Kier molecular flexibility index (Phi) is 6.88. The van der Waals surface area contributed by atoms with Crippen molar-refractivity contribution in [1.29, 1.82) is 0 Å². The van der Waals surface area contributed by atoms with Crippen LogP contribution in [0.3, 0.4) is 0 Å². The Morgan fingerprint density at radius 1 is 0.903 bits per heavy atom. The van der Waals surface area contributed by atoms with Crippen LogP contribution >= 0.6 is 0 Å². The molecule has 1 amide bonds. The number of ether oxygens (including phenoxy) is 4.